The van der Waals surface area contributed by atoms with Crippen molar-refractivity contribution >= 4 is 39.8 Å². The number of amidine groups is 2. The van der Waals surface area contributed by atoms with Gasteiger partial charge in [-0.05, 0) is 66.1 Å². The zero-order valence-electron chi connectivity index (χ0n) is 18.7. The summed E-state index contributed by atoms with van der Waals surface area (Å²) in [5, 5.41) is 15.6. The van der Waals surface area contributed by atoms with Crippen molar-refractivity contribution in [1.82, 2.24) is 5.01 Å². The fraction of sp³-hybridized carbons (Fsp3) is 0.250. The van der Waals surface area contributed by atoms with Gasteiger partial charge < -0.3 is 18.9 Å². The van der Waals surface area contributed by atoms with E-state index in [-0.39, 0.29) is 18.2 Å². The molecule has 10 heteroatoms. The Morgan fingerprint density at radius 3 is 2.85 bits per heavy atom. The normalized spacial score (nSPS) is 17.6. The lowest BCUT2D eigenvalue weighted by Crippen LogP contribution is -2.35. The smallest absolute Gasteiger partial charge is 0.283 e. The third-order valence-electron chi connectivity index (χ3n) is 5.29. The van der Waals surface area contributed by atoms with Crippen molar-refractivity contribution in [2.75, 3.05) is 13.9 Å². The van der Waals surface area contributed by atoms with Gasteiger partial charge in [-0.2, -0.15) is 15.1 Å². The molecule has 0 atom stereocenters. The number of rotatable bonds is 7. The quantitative estimate of drug-likeness (QED) is 0.587. The Balaban J connectivity index is 1.34. The molecule has 0 fully saturated rings. The van der Waals surface area contributed by atoms with Crippen LogP contribution < -0.4 is 18.9 Å². The predicted octanol–water partition coefficient (Wildman–Crippen LogP) is 4.42. The second-order valence-corrected chi connectivity index (χ2v) is 8.69. The molecule has 5 rings (SSSR count). The highest BCUT2D eigenvalue weighted by molar-refractivity contribution is 8.26. The largest absolute Gasteiger partial charge is 0.493 e. The molecular weight excluding hydrogens is 456 g/mol. The Bertz CT molecular complexity index is 1270. The number of hydrogen-bond donors (Lipinski definition) is 1. The molecule has 9 nitrogen and oxygen atoms in total. The molecule has 34 heavy (non-hydrogen) atoms. The molecule has 3 heterocycles. The van der Waals surface area contributed by atoms with Gasteiger partial charge in [0.25, 0.3) is 5.91 Å². The van der Waals surface area contributed by atoms with Crippen LogP contribution >= 0.6 is 11.8 Å². The fourth-order valence-electron chi connectivity index (χ4n) is 3.60. The first kappa shape index (κ1) is 22.0. The maximum atomic E-state index is 12.6. The average molecular weight is 479 g/mol. The number of fused-ring (bicyclic) bond motifs is 2. The zero-order chi connectivity index (χ0) is 23.7. The van der Waals surface area contributed by atoms with E-state index in [1.54, 1.807) is 31.4 Å². The number of amides is 1. The molecule has 0 radical (unpaired) electrons. The van der Waals surface area contributed by atoms with Gasteiger partial charge in [0.05, 0.1) is 12.7 Å². The molecule has 0 unspecified atom stereocenters. The summed E-state index contributed by atoms with van der Waals surface area (Å²) in [6, 6.07) is 11.0. The number of ether oxygens (including phenoxy) is 4. The van der Waals surface area contributed by atoms with E-state index in [9.17, 15) is 4.79 Å². The molecule has 0 spiro atoms. The summed E-state index contributed by atoms with van der Waals surface area (Å²) in [4.78, 5) is 16.7. The summed E-state index contributed by atoms with van der Waals surface area (Å²) in [5.74, 6) is 2.03. The minimum absolute atomic E-state index is 0.00991. The lowest BCUT2D eigenvalue weighted by molar-refractivity contribution is -0.114. The van der Waals surface area contributed by atoms with Gasteiger partial charge in [-0.3, -0.25) is 10.2 Å². The van der Waals surface area contributed by atoms with Gasteiger partial charge in [-0.15, -0.1) is 0 Å². The van der Waals surface area contributed by atoms with Crippen molar-refractivity contribution in [3.8, 4) is 23.0 Å². The number of nitrogens with zero attached hydrogens (tertiary/aromatic N) is 3. The van der Waals surface area contributed by atoms with E-state index in [1.807, 2.05) is 18.2 Å². The van der Waals surface area contributed by atoms with Gasteiger partial charge in [0.1, 0.15) is 11.7 Å². The van der Waals surface area contributed by atoms with Crippen LogP contribution in [0.5, 0.6) is 23.0 Å². The van der Waals surface area contributed by atoms with E-state index in [2.05, 4.69) is 17.0 Å². The highest BCUT2D eigenvalue weighted by Crippen LogP contribution is 2.35. The van der Waals surface area contributed by atoms with E-state index < -0.39 is 5.91 Å². The number of carbonyl (C=O) groups excluding carboxylic acids is 1. The lowest BCUT2D eigenvalue weighted by atomic mass is 10.1. The summed E-state index contributed by atoms with van der Waals surface area (Å²) < 4.78 is 22.2. The summed E-state index contributed by atoms with van der Waals surface area (Å²) in [5.41, 5.74) is 1.78. The van der Waals surface area contributed by atoms with Gasteiger partial charge in [0.2, 0.25) is 12.0 Å². The Labute approximate surface area is 200 Å². The third-order valence-corrected chi connectivity index (χ3v) is 6.26. The Morgan fingerprint density at radius 1 is 1.18 bits per heavy atom. The molecule has 1 N–H and O–H groups in total. The van der Waals surface area contributed by atoms with Crippen molar-refractivity contribution in [3.63, 3.8) is 0 Å². The number of thioether (sulfide) groups is 1. The minimum atomic E-state index is -0.459. The molecule has 2 aromatic rings. The highest BCUT2D eigenvalue weighted by atomic mass is 32.2. The van der Waals surface area contributed by atoms with E-state index in [1.165, 1.54) is 16.8 Å². The van der Waals surface area contributed by atoms with Gasteiger partial charge in [-0.25, -0.2) is 0 Å². The number of carbonyl (C=O) groups is 1. The van der Waals surface area contributed by atoms with Crippen molar-refractivity contribution in [3.05, 3.63) is 53.1 Å². The monoisotopic (exact) mass is 478 g/mol. The van der Waals surface area contributed by atoms with Crippen molar-refractivity contribution in [2.24, 2.45) is 10.1 Å². The van der Waals surface area contributed by atoms with Crippen LogP contribution in [0.1, 0.15) is 30.9 Å². The molecule has 3 aliphatic rings. The number of hydrazone groups is 1. The van der Waals surface area contributed by atoms with Crippen LogP contribution in [-0.2, 0) is 11.4 Å². The lowest BCUT2D eigenvalue weighted by Gasteiger charge is -2.20. The molecule has 0 aromatic heterocycles. The van der Waals surface area contributed by atoms with E-state index >= 15 is 0 Å². The first-order chi connectivity index (χ1) is 16.6. The van der Waals surface area contributed by atoms with Crippen LogP contribution in [-0.4, -0.2) is 40.9 Å². The summed E-state index contributed by atoms with van der Waals surface area (Å²) >= 11 is 1.34. The van der Waals surface area contributed by atoms with E-state index in [0.29, 0.717) is 34.6 Å². The van der Waals surface area contributed by atoms with Crippen LogP contribution in [0.3, 0.4) is 0 Å². The van der Waals surface area contributed by atoms with E-state index in [4.69, 9.17) is 24.4 Å². The van der Waals surface area contributed by atoms with Gasteiger partial charge in [-0.1, -0.05) is 19.1 Å². The van der Waals surface area contributed by atoms with Gasteiger partial charge in [0.15, 0.2) is 28.8 Å². The summed E-state index contributed by atoms with van der Waals surface area (Å²) in [6.45, 7) is 2.60. The zero-order valence-corrected chi connectivity index (χ0v) is 19.5. The Morgan fingerprint density at radius 2 is 2.03 bits per heavy atom. The molecule has 3 aliphatic heterocycles. The fourth-order valence-corrected chi connectivity index (χ4v) is 4.58. The van der Waals surface area contributed by atoms with Crippen molar-refractivity contribution in [1.29, 1.82) is 5.41 Å². The second-order valence-electron chi connectivity index (χ2n) is 7.65. The van der Waals surface area contributed by atoms with Crippen LogP contribution in [0, 0.1) is 5.41 Å². The average Bonchev–Trinajstić information content (AvgIpc) is 3.47. The van der Waals surface area contributed by atoms with Gasteiger partial charge >= 0.3 is 0 Å². The minimum Gasteiger partial charge on any atom is -0.493 e. The molecule has 1 amide bonds. The predicted molar refractivity (Wildman–Crippen MR) is 130 cm³/mol. The van der Waals surface area contributed by atoms with E-state index in [0.717, 1.165) is 29.2 Å². The molecule has 0 bridgehead atoms. The third kappa shape index (κ3) is 4.24. The maximum absolute atomic E-state index is 12.6. The Kier molecular flexibility index (Phi) is 5.97. The second kappa shape index (κ2) is 9.22. The summed E-state index contributed by atoms with van der Waals surface area (Å²) in [7, 11) is 1.55. The topological polar surface area (TPSA) is 106 Å². The Hall–Kier alpha value is -3.79. The van der Waals surface area contributed by atoms with Crippen molar-refractivity contribution < 1.29 is 23.7 Å². The number of hydrogen-bond acceptors (Lipinski definition) is 8. The maximum Gasteiger partial charge on any atom is 0.283 e. The highest BCUT2D eigenvalue weighted by Gasteiger charge is 2.35. The van der Waals surface area contributed by atoms with Gasteiger partial charge in [0, 0.05) is 0 Å². The molecule has 0 saturated heterocycles. The molecule has 2 aromatic carbocycles. The number of methoxy groups -OCH3 is 1. The number of benzene rings is 2. The molecule has 0 aliphatic carbocycles. The molecule has 174 valence electrons. The van der Waals surface area contributed by atoms with Crippen LogP contribution in [0.4, 0.5) is 0 Å². The standard InChI is InChI=1S/C24H22N4O5S/c1-3-4-21-27-28-22(25)16(23(29)26-24(28)34-21)9-14-5-7-17(19(10-14)30-2)31-12-15-6-8-18-20(11-15)33-13-32-18/h5-11,25H,3-4,12-13H2,1-2H3/b16-9-,25-22?. The number of nitrogens with one attached hydrogen (secondary N) is 1. The number of aliphatic imine (C=N–C) groups is 1. The SMILES string of the molecule is CCCC1=NN2C(=N)/C(=C/c3ccc(OCc4ccc5c(c4)OCO5)c(OC)c3)C(=O)N=C2S1. The van der Waals surface area contributed by atoms with Crippen LogP contribution in [0.25, 0.3) is 6.08 Å². The molecule has 0 saturated carbocycles. The van der Waals surface area contributed by atoms with Crippen LogP contribution in [0.2, 0.25) is 0 Å². The molecular formula is C24H22N4O5S. The summed E-state index contributed by atoms with van der Waals surface area (Å²) in [6.07, 6.45) is 3.33. The van der Waals surface area contributed by atoms with Crippen LogP contribution in [0.15, 0.2) is 52.1 Å². The first-order valence-corrected chi connectivity index (χ1v) is 11.6. The first-order valence-electron chi connectivity index (χ1n) is 10.7. The van der Waals surface area contributed by atoms with Crippen molar-refractivity contribution in [2.45, 2.75) is 26.4 Å².